The van der Waals surface area contributed by atoms with Gasteiger partial charge in [0.15, 0.2) is 0 Å². The van der Waals surface area contributed by atoms with Gasteiger partial charge in [0, 0.05) is 24.0 Å². The van der Waals surface area contributed by atoms with Crippen LogP contribution in [0.15, 0.2) is 33.5 Å². The number of hydrogen-bond donors (Lipinski definition) is 0. The maximum absolute atomic E-state index is 12.2. The van der Waals surface area contributed by atoms with E-state index in [9.17, 15) is 4.79 Å². The Labute approximate surface area is 139 Å². The number of nitrogens with zero attached hydrogens (tertiary/aromatic N) is 3. The molecule has 1 saturated heterocycles. The quantitative estimate of drug-likeness (QED) is 0.721. The highest BCUT2D eigenvalue weighted by atomic mass is 35.5. The van der Waals surface area contributed by atoms with Crippen molar-refractivity contribution in [3.63, 3.8) is 0 Å². The fraction of sp³-hybridized carbons (Fsp3) is 0.214. The summed E-state index contributed by atoms with van der Waals surface area (Å²) >= 11 is 8.75. The van der Waals surface area contributed by atoms with E-state index in [2.05, 4.69) is 10.1 Å². The van der Waals surface area contributed by atoms with Gasteiger partial charge in [0.1, 0.15) is 0 Å². The molecular weight excluding hydrogens is 342 g/mol. The lowest BCUT2D eigenvalue weighted by molar-refractivity contribution is 0.0574. The third-order valence-corrected chi connectivity index (χ3v) is 5.43. The van der Waals surface area contributed by atoms with E-state index < -0.39 is 0 Å². The standard InChI is InChI=1S/C14H10ClN3O2S2/c15-11-2-1-10(22-11)14(19)18-5-9(6-18)13-16-12(17-20-13)8-3-4-21-7-8/h1-4,7,9H,5-6H2. The van der Waals surface area contributed by atoms with E-state index in [1.807, 2.05) is 16.8 Å². The van der Waals surface area contributed by atoms with Crippen molar-refractivity contribution in [2.24, 2.45) is 0 Å². The molecule has 0 saturated carbocycles. The van der Waals surface area contributed by atoms with Crippen LogP contribution in [0.1, 0.15) is 21.5 Å². The third kappa shape index (κ3) is 2.45. The molecule has 1 amide bonds. The van der Waals surface area contributed by atoms with Crippen LogP contribution in [0.2, 0.25) is 4.34 Å². The molecule has 112 valence electrons. The van der Waals surface area contributed by atoms with Crippen LogP contribution in [0.25, 0.3) is 11.4 Å². The summed E-state index contributed by atoms with van der Waals surface area (Å²) in [4.78, 5) is 19.1. The number of hydrogen-bond acceptors (Lipinski definition) is 6. The Morgan fingerprint density at radius 2 is 2.23 bits per heavy atom. The van der Waals surface area contributed by atoms with Gasteiger partial charge in [-0.2, -0.15) is 16.3 Å². The molecule has 1 fully saturated rings. The molecule has 0 aliphatic carbocycles. The Morgan fingerprint density at radius 3 is 2.91 bits per heavy atom. The number of amides is 1. The first-order valence-corrected chi connectivity index (χ1v) is 8.75. The first-order valence-electron chi connectivity index (χ1n) is 6.61. The molecule has 0 N–H and O–H groups in total. The number of carbonyl (C=O) groups excluding carboxylic acids is 1. The number of thiophene rings is 2. The lowest BCUT2D eigenvalue weighted by Crippen LogP contribution is -2.48. The minimum atomic E-state index is 0.00530. The summed E-state index contributed by atoms with van der Waals surface area (Å²) in [5.74, 6) is 1.31. The van der Waals surface area contributed by atoms with E-state index in [0.717, 1.165) is 5.56 Å². The Hall–Kier alpha value is -1.70. The van der Waals surface area contributed by atoms with E-state index in [4.69, 9.17) is 16.1 Å². The second-order valence-electron chi connectivity index (χ2n) is 4.98. The van der Waals surface area contributed by atoms with Crippen LogP contribution in [0.5, 0.6) is 0 Å². The molecule has 1 aliphatic heterocycles. The summed E-state index contributed by atoms with van der Waals surface area (Å²) < 4.78 is 5.94. The third-order valence-electron chi connectivity index (χ3n) is 3.52. The molecule has 0 spiro atoms. The van der Waals surface area contributed by atoms with Gasteiger partial charge in [0.2, 0.25) is 11.7 Å². The smallest absolute Gasteiger partial charge is 0.264 e. The summed E-state index contributed by atoms with van der Waals surface area (Å²) in [6.07, 6.45) is 0. The van der Waals surface area contributed by atoms with Crippen LogP contribution >= 0.6 is 34.3 Å². The molecule has 4 heterocycles. The Balaban J connectivity index is 1.42. The van der Waals surface area contributed by atoms with Crippen molar-refractivity contribution in [1.29, 1.82) is 0 Å². The summed E-state index contributed by atoms with van der Waals surface area (Å²) in [5.41, 5.74) is 0.959. The molecule has 0 aromatic carbocycles. The summed E-state index contributed by atoms with van der Waals surface area (Å²) in [5, 5.41) is 7.95. The summed E-state index contributed by atoms with van der Waals surface area (Å²) in [7, 11) is 0. The van der Waals surface area contributed by atoms with Gasteiger partial charge < -0.3 is 9.42 Å². The Bertz CT molecular complexity index is 806. The van der Waals surface area contributed by atoms with E-state index in [1.54, 1.807) is 28.4 Å². The monoisotopic (exact) mass is 351 g/mol. The fourth-order valence-corrected chi connectivity index (χ4v) is 3.94. The minimum absolute atomic E-state index is 0.00530. The van der Waals surface area contributed by atoms with E-state index in [1.165, 1.54) is 11.3 Å². The number of likely N-dealkylation sites (tertiary alicyclic amines) is 1. The van der Waals surface area contributed by atoms with Crippen molar-refractivity contribution in [2.45, 2.75) is 5.92 Å². The van der Waals surface area contributed by atoms with Crippen molar-refractivity contribution in [1.82, 2.24) is 15.0 Å². The fourth-order valence-electron chi connectivity index (χ4n) is 2.30. The van der Waals surface area contributed by atoms with Crippen molar-refractivity contribution >= 4 is 40.2 Å². The van der Waals surface area contributed by atoms with Crippen LogP contribution in [0.4, 0.5) is 0 Å². The predicted octanol–water partition coefficient (Wildman–Crippen LogP) is 3.75. The maximum atomic E-state index is 12.2. The van der Waals surface area contributed by atoms with Crippen LogP contribution in [0, 0.1) is 0 Å². The zero-order valence-corrected chi connectivity index (χ0v) is 13.6. The normalized spacial score (nSPS) is 15.0. The average molecular weight is 352 g/mol. The molecule has 4 rings (SSSR count). The molecule has 1 aliphatic rings. The minimum Gasteiger partial charge on any atom is -0.339 e. The van der Waals surface area contributed by atoms with Crippen molar-refractivity contribution in [2.75, 3.05) is 13.1 Å². The zero-order chi connectivity index (χ0) is 15.1. The molecule has 22 heavy (non-hydrogen) atoms. The van der Waals surface area contributed by atoms with Crippen molar-refractivity contribution in [3.05, 3.63) is 44.1 Å². The van der Waals surface area contributed by atoms with Crippen molar-refractivity contribution < 1.29 is 9.32 Å². The Kier molecular flexibility index (Phi) is 3.48. The molecule has 0 radical (unpaired) electrons. The summed E-state index contributed by atoms with van der Waals surface area (Å²) in [6.45, 7) is 1.19. The van der Waals surface area contributed by atoms with Gasteiger partial charge in [-0.25, -0.2) is 0 Å². The second kappa shape index (κ2) is 5.49. The number of carbonyl (C=O) groups is 1. The predicted molar refractivity (Wildman–Crippen MR) is 85.6 cm³/mol. The van der Waals surface area contributed by atoms with Gasteiger partial charge in [0.05, 0.1) is 15.1 Å². The molecule has 5 nitrogen and oxygen atoms in total. The lowest BCUT2D eigenvalue weighted by atomic mass is 10.00. The van der Waals surface area contributed by atoms with Gasteiger partial charge in [-0.1, -0.05) is 16.8 Å². The SMILES string of the molecule is O=C(c1ccc(Cl)s1)N1CC(c2nc(-c3ccsc3)no2)C1. The molecule has 3 aromatic heterocycles. The van der Waals surface area contributed by atoms with Crippen LogP contribution < -0.4 is 0 Å². The lowest BCUT2D eigenvalue weighted by Gasteiger charge is -2.36. The van der Waals surface area contributed by atoms with Gasteiger partial charge in [-0.05, 0) is 23.6 Å². The number of rotatable bonds is 3. The van der Waals surface area contributed by atoms with E-state index >= 15 is 0 Å². The molecule has 0 atom stereocenters. The van der Waals surface area contributed by atoms with Crippen molar-refractivity contribution in [3.8, 4) is 11.4 Å². The zero-order valence-electron chi connectivity index (χ0n) is 11.2. The highest BCUT2D eigenvalue weighted by molar-refractivity contribution is 7.18. The van der Waals surface area contributed by atoms with Gasteiger partial charge >= 0.3 is 0 Å². The van der Waals surface area contributed by atoms with Gasteiger partial charge in [0.25, 0.3) is 5.91 Å². The van der Waals surface area contributed by atoms with Crippen LogP contribution in [-0.4, -0.2) is 34.0 Å². The summed E-state index contributed by atoms with van der Waals surface area (Å²) in [6, 6.07) is 5.45. The number of halogens is 1. The van der Waals surface area contributed by atoms with Crippen LogP contribution in [-0.2, 0) is 0 Å². The molecule has 0 unspecified atom stereocenters. The molecule has 3 aromatic rings. The maximum Gasteiger partial charge on any atom is 0.264 e. The highest BCUT2D eigenvalue weighted by Gasteiger charge is 2.36. The first kappa shape index (κ1) is 13.9. The molecule has 8 heteroatoms. The molecular formula is C14H10ClN3O2S2. The van der Waals surface area contributed by atoms with Gasteiger partial charge in [-0.15, -0.1) is 11.3 Å². The average Bonchev–Trinajstić information content (AvgIpc) is 3.17. The highest BCUT2D eigenvalue weighted by Crippen LogP contribution is 2.31. The van der Waals surface area contributed by atoms with Crippen LogP contribution in [0.3, 0.4) is 0 Å². The van der Waals surface area contributed by atoms with Gasteiger partial charge in [-0.3, -0.25) is 4.79 Å². The second-order valence-corrected chi connectivity index (χ2v) is 7.47. The Morgan fingerprint density at radius 1 is 1.36 bits per heavy atom. The van der Waals surface area contributed by atoms with E-state index in [-0.39, 0.29) is 11.8 Å². The van der Waals surface area contributed by atoms with E-state index in [0.29, 0.717) is 34.0 Å². The molecule has 0 bridgehead atoms. The first-order chi connectivity index (χ1) is 10.7. The largest absolute Gasteiger partial charge is 0.339 e. The topological polar surface area (TPSA) is 59.2 Å². The number of aromatic nitrogens is 2.